The first-order chi connectivity index (χ1) is 9.90. The molecule has 21 heavy (non-hydrogen) atoms. The van der Waals surface area contributed by atoms with Crippen molar-refractivity contribution in [3.63, 3.8) is 0 Å². The number of rotatable bonds is 3. The normalized spacial score (nSPS) is 21.9. The maximum absolute atomic E-state index is 13.3. The summed E-state index contributed by atoms with van der Waals surface area (Å²) in [6.07, 6.45) is 3.03. The highest BCUT2D eigenvalue weighted by Gasteiger charge is 2.31. The lowest BCUT2D eigenvalue weighted by molar-refractivity contribution is -0.123. The van der Waals surface area contributed by atoms with E-state index in [1.54, 1.807) is 0 Å². The van der Waals surface area contributed by atoms with Crippen LogP contribution in [-0.4, -0.2) is 17.9 Å². The van der Waals surface area contributed by atoms with E-state index in [2.05, 4.69) is 21.2 Å². The molecule has 0 spiro atoms. The van der Waals surface area contributed by atoms with Crippen molar-refractivity contribution >= 4 is 27.7 Å². The number of nitrogens with two attached hydrogens (primary N) is 1. The molecule has 1 aromatic rings. The fourth-order valence-corrected chi connectivity index (χ4v) is 3.08. The van der Waals surface area contributed by atoms with E-state index in [4.69, 9.17) is 5.73 Å². The summed E-state index contributed by atoms with van der Waals surface area (Å²) >= 11 is 3.03. The van der Waals surface area contributed by atoms with Gasteiger partial charge in [0, 0.05) is 10.5 Å². The third-order valence-electron chi connectivity index (χ3n) is 3.70. The van der Waals surface area contributed by atoms with Crippen LogP contribution in [0, 0.1) is 17.6 Å². The molecule has 4 nitrogen and oxygen atoms in total. The van der Waals surface area contributed by atoms with Gasteiger partial charge >= 0.3 is 0 Å². The van der Waals surface area contributed by atoms with E-state index in [-0.39, 0.29) is 16.1 Å². The van der Waals surface area contributed by atoms with Gasteiger partial charge in [-0.3, -0.25) is 9.59 Å². The van der Waals surface area contributed by atoms with Crippen LogP contribution in [0.25, 0.3) is 0 Å². The van der Waals surface area contributed by atoms with Crippen LogP contribution in [0.5, 0.6) is 0 Å². The molecule has 114 valence electrons. The smallest absolute Gasteiger partial charge is 0.252 e. The minimum Gasteiger partial charge on any atom is -0.369 e. The van der Waals surface area contributed by atoms with Gasteiger partial charge in [0.1, 0.15) is 0 Å². The summed E-state index contributed by atoms with van der Waals surface area (Å²) in [5.41, 5.74) is 5.33. The standard InChI is InChI=1S/C14H15BrF2N2O2/c15-9-6-11(17)10(16)5-8(9)14(21)19-12-4-2-1-3-7(12)13(18)20/h5-7,12H,1-4H2,(H2,18,20)(H,19,21). The Morgan fingerprint density at radius 2 is 1.81 bits per heavy atom. The van der Waals surface area contributed by atoms with Gasteiger partial charge in [-0.2, -0.15) is 0 Å². The van der Waals surface area contributed by atoms with Crippen molar-refractivity contribution in [2.45, 2.75) is 31.7 Å². The zero-order valence-corrected chi connectivity index (χ0v) is 12.8. The third-order valence-corrected chi connectivity index (χ3v) is 4.36. The SMILES string of the molecule is NC(=O)C1CCCCC1NC(=O)c1cc(F)c(F)cc1Br. The number of hydrogen-bond donors (Lipinski definition) is 2. The van der Waals surface area contributed by atoms with Crippen LogP contribution < -0.4 is 11.1 Å². The summed E-state index contributed by atoms with van der Waals surface area (Å²) in [4.78, 5) is 23.6. The number of primary amides is 1. The molecule has 1 aliphatic rings. The number of benzene rings is 1. The van der Waals surface area contributed by atoms with Gasteiger partial charge in [0.05, 0.1) is 11.5 Å². The molecule has 7 heteroatoms. The van der Waals surface area contributed by atoms with Gasteiger partial charge < -0.3 is 11.1 Å². The second-order valence-electron chi connectivity index (χ2n) is 5.12. The summed E-state index contributed by atoms with van der Waals surface area (Å²) in [7, 11) is 0. The van der Waals surface area contributed by atoms with Crippen LogP contribution in [0.1, 0.15) is 36.0 Å². The fraction of sp³-hybridized carbons (Fsp3) is 0.429. The Morgan fingerprint density at radius 1 is 1.19 bits per heavy atom. The number of carbonyl (C=O) groups excluding carboxylic acids is 2. The quantitative estimate of drug-likeness (QED) is 0.812. The minimum atomic E-state index is -1.10. The van der Waals surface area contributed by atoms with E-state index in [1.807, 2.05) is 0 Å². The molecule has 1 saturated carbocycles. The molecule has 1 fully saturated rings. The van der Waals surface area contributed by atoms with Crippen molar-refractivity contribution < 1.29 is 18.4 Å². The molecule has 0 bridgehead atoms. The Bertz CT molecular complexity index is 580. The molecule has 2 atom stereocenters. The van der Waals surface area contributed by atoms with Gasteiger partial charge in [-0.15, -0.1) is 0 Å². The predicted octanol–water partition coefficient (Wildman–Crippen LogP) is 2.50. The maximum atomic E-state index is 13.3. The summed E-state index contributed by atoms with van der Waals surface area (Å²) in [5.74, 6) is -3.57. The topological polar surface area (TPSA) is 72.2 Å². The molecular weight excluding hydrogens is 346 g/mol. The van der Waals surface area contributed by atoms with Gasteiger partial charge in [0.15, 0.2) is 11.6 Å². The second kappa shape index (κ2) is 6.51. The van der Waals surface area contributed by atoms with Crippen LogP contribution in [0.15, 0.2) is 16.6 Å². The molecule has 0 aliphatic heterocycles. The van der Waals surface area contributed by atoms with Crippen molar-refractivity contribution in [3.8, 4) is 0 Å². The largest absolute Gasteiger partial charge is 0.369 e. The van der Waals surface area contributed by atoms with E-state index < -0.39 is 29.4 Å². The van der Waals surface area contributed by atoms with Crippen molar-refractivity contribution in [1.29, 1.82) is 0 Å². The highest BCUT2D eigenvalue weighted by Crippen LogP contribution is 2.26. The Balaban J connectivity index is 2.17. The first kappa shape index (κ1) is 15.9. The zero-order chi connectivity index (χ0) is 15.6. The number of carbonyl (C=O) groups is 2. The molecule has 0 aromatic heterocycles. The molecular formula is C14H15BrF2N2O2. The second-order valence-corrected chi connectivity index (χ2v) is 5.97. The number of nitrogens with one attached hydrogen (secondary N) is 1. The van der Waals surface area contributed by atoms with Crippen LogP contribution in [0.4, 0.5) is 8.78 Å². The highest BCUT2D eigenvalue weighted by atomic mass is 79.9. The minimum absolute atomic E-state index is 0.0114. The van der Waals surface area contributed by atoms with E-state index in [1.165, 1.54) is 0 Å². The molecule has 2 rings (SSSR count). The molecule has 2 amide bonds. The molecule has 0 heterocycles. The summed E-state index contributed by atoms with van der Waals surface area (Å²) < 4.78 is 26.5. The Labute approximate surface area is 129 Å². The summed E-state index contributed by atoms with van der Waals surface area (Å²) in [6.45, 7) is 0. The average molecular weight is 361 g/mol. The van der Waals surface area contributed by atoms with E-state index in [9.17, 15) is 18.4 Å². The lowest BCUT2D eigenvalue weighted by Crippen LogP contribution is -2.47. The van der Waals surface area contributed by atoms with Crippen molar-refractivity contribution in [3.05, 3.63) is 33.8 Å². The van der Waals surface area contributed by atoms with Crippen LogP contribution in [0.2, 0.25) is 0 Å². The Hall–Kier alpha value is -1.50. The summed E-state index contributed by atoms with van der Waals surface area (Å²) in [5, 5.41) is 2.70. The van der Waals surface area contributed by atoms with Crippen LogP contribution >= 0.6 is 15.9 Å². The molecule has 1 aromatic carbocycles. The molecule has 2 unspecified atom stereocenters. The highest BCUT2D eigenvalue weighted by molar-refractivity contribution is 9.10. The van der Waals surface area contributed by atoms with Gasteiger partial charge in [0.2, 0.25) is 5.91 Å². The molecule has 0 radical (unpaired) electrons. The molecule has 1 aliphatic carbocycles. The number of hydrogen-bond acceptors (Lipinski definition) is 2. The van der Waals surface area contributed by atoms with Crippen LogP contribution in [-0.2, 0) is 4.79 Å². The Kier molecular flexibility index (Phi) is 4.92. The zero-order valence-electron chi connectivity index (χ0n) is 11.2. The lowest BCUT2D eigenvalue weighted by atomic mass is 9.84. The number of halogens is 3. The average Bonchev–Trinajstić information content (AvgIpc) is 2.43. The lowest BCUT2D eigenvalue weighted by Gasteiger charge is -2.30. The number of amides is 2. The maximum Gasteiger partial charge on any atom is 0.252 e. The predicted molar refractivity (Wildman–Crippen MR) is 76.5 cm³/mol. The first-order valence-corrected chi connectivity index (χ1v) is 7.44. The van der Waals surface area contributed by atoms with Gasteiger partial charge in [-0.05, 0) is 40.9 Å². The van der Waals surface area contributed by atoms with E-state index in [0.29, 0.717) is 12.8 Å². The van der Waals surface area contributed by atoms with Crippen LogP contribution in [0.3, 0.4) is 0 Å². The Morgan fingerprint density at radius 3 is 2.48 bits per heavy atom. The van der Waals surface area contributed by atoms with Crippen molar-refractivity contribution in [1.82, 2.24) is 5.32 Å². The first-order valence-electron chi connectivity index (χ1n) is 6.65. The third kappa shape index (κ3) is 3.58. The fourth-order valence-electron chi connectivity index (χ4n) is 2.59. The molecule has 3 N–H and O–H groups in total. The molecule has 0 saturated heterocycles. The van der Waals surface area contributed by atoms with Crippen molar-refractivity contribution in [2.24, 2.45) is 11.7 Å². The van der Waals surface area contributed by atoms with Gasteiger partial charge in [0.25, 0.3) is 5.91 Å². The monoisotopic (exact) mass is 360 g/mol. The van der Waals surface area contributed by atoms with Crippen molar-refractivity contribution in [2.75, 3.05) is 0 Å². The van der Waals surface area contributed by atoms with Gasteiger partial charge in [-0.1, -0.05) is 12.8 Å². The van der Waals surface area contributed by atoms with Gasteiger partial charge in [-0.25, -0.2) is 8.78 Å². The van der Waals surface area contributed by atoms with E-state index >= 15 is 0 Å². The van der Waals surface area contributed by atoms with E-state index in [0.717, 1.165) is 25.0 Å². The summed E-state index contributed by atoms with van der Waals surface area (Å²) in [6, 6.07) is 1.36.